The molecule has 2 atom stereocenters. The van der Waals surface area contributed by atoms with Crippen LogP contribution in [0.2, 0.25) is 0 Å². The lowest BCUT2D eigenvalue weighted by atomic mass is 10.1. The van der Waals surface area contributed by atoms with Gasteiger partial charge in [-0.3, -0.25) is 4.68 Å². The van der Waals surface area contributed by atoms with Gasteiger partial charge in [0.15, 0.2) is 0 Å². The summed E-state index contributed by atoms with van der Waals surface area (Å²) < 4.78 is 8.86. The zero-order valence-corrected chi connectivity index (χ0v) is 13.3. The molecule has 104 valence electrons. The zero-order chi connectivity index (χ0) is 13.5. The quantitative estimate of drug-likeness (QED) is 0.800. The standard InChI is InChI=1S/C13H24BrN3O/c1-5-8-17-13(11(14)9-16-17)12(15-6-2)10(4)18-7-3/h9-10,12,15H,5-8H2,1-4H3. The minimum atomic E-state index is 0.124. The fraction of sp³-hybridized carbons (Fsp3) is 0.769. The summed E-state index contributed by atoms with van der Waals surface area (Å²) in [5.74, 6) is 0. The van der Waals surface area contributed by atoms with Gasteiger partial charge in [0.25, 0.3) is 0 Å². The number of nitrogens with zero attached hydrogens (tertiary/aromatic N) is 2. The molecule has 0 aliphatic rings. The minimum absolute atomic E-state index is 0.124. The third-order valence-corrected chi connectivity index (χ3v) is 3.50. The lowest BCUT2D eigenvalue weighted by Crippen LogP contribution is -2.34. The summed E-state index contributed by atoms with van der Waals surface area (Å²) in [6.07, 6.45) is 3.07. The van der Waals surface area contributed by atoms with Crippen LogP contribution >= 0.6 is 15.9 Å². The maximum atomic E-state index is 5.74. The van der Waals surface area contributed by atoms with Gasteiger partial charge in [0.2, 0.25) is 0 Å². The van der Waals surface area contributed by atoms with Gasteiger partial charge in [-0.05, 0) is 42.7 Å². The van der Waals surface area contributed by atoms with Gasteiger partial charge in [-0.2, -0.15) is 5.10 Å². The first-order valence-corrected chi connectivity index (χ1v) is 7.51. The fourth-order valence-electron chi connectivity index (χ4n) is 2.14. The highest BCUT2D eigenvalue weighted by molar-refractivity contribution is 9.10. The predicted octanol–water partition coefficient (Wildman–Crippen LogP) is 3.13. The van der Waals surface area contributed by atoms with Crippen LogP contribution in [0.5, 0.6) is 0 Å². The average Bonchev–Trinajstić information content (AvgIpc) is 2.69. The first-order chi connectivity index (χ1) is 8.65. The second-order valence-corrected chi connectivity index (χ2v) is 5.15. The molecule has 1 rings (SSSR count). The third-order valence-electron chi connectivity index (χ3n) is 2.89. The zero-order valence-electron chi connectivity index (χ0n) is 11.7. The van der Waals surface area contributed by atoms with E-state index in [4.69, 9.17) is 4.74 Å². The summed E-state index contributed by atoms with van der Waals surface area (Å²) in [5.41, 5.74) is 1.18. The van der Waals surface area contributed by atoms with E-state index in [9.17, 15) is 0 Å². The molecule has 0 aliphatic heterocycles. The number of halogens is 1. The van der Waals surface area contributed by atoms with Crippen molar-refractivity contribution in [2.75, 3.05) is 13.2 Å². The van der Waals surface area contributed by atoms with Crippen molar-refractivity contribution in [3.8, 4) is 0 Å². The lowest BCUT2D eigenvalue weighted by molar-refractivity contribution is 0.0450. The van der Waals surface area contributed by atoms with E-state index in [2.05, 4.69) is 51.8 Å². The van der Waals surface area contributed by atoms with Crippen LogP contribution in [-0.2, 0) is 11.3 Å². The Hall–Kier alpha value is -0.390. The Kier molecular flexibility index (Phi) is 6.89. The molecule has 1 aromatic heterocycles. The average molecular weight is 318 g/mol. The van der Waals surface area contributed by atoms with E-state index < -0.39 is 0 Å². The van der Waals surface area contributed by atoms with Crippen molar-refractivity contribution >= 4 is 15.9 Å². The topological polar surface area (TPSA) is 39.1 Å². The van der Waals surface area contributed by atoms with E-state index in [0.717, 1.165) is 30.6 Å². The van der Waals surface area contributed by atoms with Crippen molar-refractivity contribution in [3.05, 3.63) is 16.4 Å². The molecule has 0 saturated heterocycles. The SMILES string of the molecule is CCCn1ncc(Br)c1C(NCC)C(C)OCC. The summed E-state index contributed by atoms with van der Waals surface area (Å²) in [6.45, 7) is 11.0. The lowest BCUT2D eigenvalue weighted by Gasteiger charge is -2.26. The summed E-state index contributed by atoms with van der Waals surface area (Å²) in [7, 11) is 0. The van der Waals surface area contributed by atoms with Crippen LogP contribution < -0.4 is 5.32 Å². The van der Waals surface area contributed by atoms with Gasteiger partial charge in [0, 0.05) is 13.2 Å². The van der Waals surface area contributed by atoms with E-state index in [1.807, 2.05) is 13.1 Å². The number of likely N-dealkylation sites (N-methyl/N-ethyl adjacent to an activating group) is 1. The fourth-order valence-corrected chi connectivity index (χ4v) is 2.68. The van der Waals surface area contributed by atoms with Crippen LogP contribution in [0.15, 0.2) is 10.7 Å². The molecule has 1 N–H and O–H groups in total. The molecule has 0 bridgehead atoms. The Bertz CT molecular complexity index is 354. The Balaban J connectivity index is 2.99. The molecule has 2 unspecified atom stereocenters. The highest BCUT2D eigenvalue weighted by Crippen LogP contribution is 2.27. The Morgan fingerprint density at radius 3 is 2.72 bits per heavy atom. The maximum absolute atomic E-state index is 5.74. The molecule has 0 aliphatic carbocycles. The van der Waals surface area contributed by atoms with Crippen molar-refractivity contribution in [2.24, 2.45) is 0 Å². The summed E-state index contributed by atoms with van der Waals surface area (Å²) in [6, 6.07) is 0.165. The summed E-state index contributed by atoms with van der Waals surface area (Å²) in [4.78, 5) is 0. The molecule has 0 saturated carbocycles. The Labute approximate surface area is 118 Å². The molecular weight excluding hydrogens is 294 g/mol. The number of aryl methyl sites for hydroxylation is 1. The largest absolute Gasteiger partial charge is 0.377 e. The van der Waals surface area contributed by atoms with E-state index in [-0.39, 0.29) is 12.1 Å². The number of ether oxygens (including phenoxy) is 1. The van der Waals surface area contributed by atoms with E-state index in [1.165, 1.54) is 5.69 Å². The predicted molar refractivity (Wildman–Crippen MR) is 77.7 cm³/mol. The molecule has 5 heteroatoms. The first-order valence-electron chi connectivity index (χ1n) is 6.71. The van der Waals surface area contributed by atoms with Crippen molar-refractivity contribution in [1.29, 1.82) is 0 Å². The van der Waals surface area contributed by atoms with Crippen molar-refractivity contribution in [2.45, 2.75) is 52.8 Å². The van der Waals surface area contributed by atoms with Gasteiger partial charge in [-0.1, -0.05) is 13.8 Å². The molecule has 0 spiro atoms. The summed E-state index contributed by atoms with van der Waals surface area (Å²) in [5, 5.41) is 7.92. The third kappa shape index (κ3) is 3.80. The van der Waals surface area contributed by atoms with Gasteiger partial charge < -0.3 is 10.1 Å². The number of hydrogen-bond acceptors (Lipinski definition) is 3. The molecule has 18 heavy (non-hydrogen) atoms. The van der Waals surface area contributed by atoms with Crippen molar-refractivity contribution in [3.63, 3.8) is 0 Å². The van der Waals surface area contributed by atoms with E-state index in [1.54, 1.807) is 0 Å². The molecule has 4 nitrogen and oxygen atoms in total. The van der Waals surface area contributed by atoms with Gasteiger partial charge in [-0.25, -0.2) is 0 Å². The summed E-state index contributed by atoms with van der Waals surface area (Å²) >= 11 is 3.60. The van der Waals surface area contributed by atoms with Crippen molar-refractivity contribution < 1.29 is 4.74 Å². The second kappa shape index (κ2) is 7.92. The number of rotatable bonds is 8. The minimum Gasteiger partial charge on any atom is -0.377 e. The monoisotopic (exact) mass is 317 g/mol. The molecule has 1 heterocycles. The van der Waals surface area contributed by atoms with Gasteiger partial charge in [-0.15, -0.1) is 0 Å². The highest BCUT2D eigenvalue weighted by atomic mass is 79.9. The van der Waals surface area contributed by atoms with Gasteiger partial charge in [0.05, 0.1) is 28.5 Å². The molecule has 1 aromatic rings. The van der Waals surface area contributed by atoms with E-state index >= 15 is 0 Å². The van der Waals surface area contributed by atoms with Crippen LogP contribution in [0.4, 0.5) is 0 Å². The number of hydrogen-bond donors (Lipinski definition) is 1. The van der Waals surface area contributed by atoms with Crippen LogP contribution in [0.3, 0.4) is 0 Å². The second-order valence-electron chi connectivity index (χ2n) is 4.30. The molecule has 0 radical (unpaired) electrons. The van der Waals surface area contributed by atoms with E-state index in [0.29, 0.717) is 0 Å². The van der Waals surface area contributed by atoms with Gasteiger partial charge >= 0.3 is 0 Å². The number of aromatic nitrogens is 2. The van der Waals surface area contributed by atoms with Crippen LogP contribution in [0, 0.1) is 0 Å². The maximum Gasteiger partial charge on any atom is 0.0767 e. The van der Waals surface area contributed by atoms with Crippen LogP contribution in [-0.4, -0.2) is 29.0 Å². The molecular formula is C13H24BrN3O. The Morgan fingerprint density at radius 1 is 1.44 bits per heavy atom. The van der Waals surface area contributed by atoms with Gasteiger partial charge in [0.1, 0.15) is 0 Å². The van der Waals surface area contributed by atoms with Crippen molar-refractivity contribution in [1.82, 2.24) is 15.1 Å². The molecule has 0 aromatic carbocycles. The molecule has 0 amide bonds. The van der Waals surface area contributed by atoms with Crippen LogP contribution in [0.1, 0.15) is 45.9 Å². The Morgan fingerprint density at radius 2 is 2.17 bits per heavy atom. The van der Waals surface area contributed by atoms with Crippen LogP contribution in [0.25, 0.3) is 0 Å². The number of nitrogens with one attached hydrogen (secondary N) is 1. The molecule has 0 fully saturated rings. The highest BCUT2D eigenvalue weighted by Gasteiger charge is 2.25. The smallest absolute Gasteiger partial charge is 0.0767 e. The first kappa shape index (κ1) is 15.7. The normalized spacial score (nSPS) is 14.7.